The van der Waals surface area contributed by atoms with Gasteiger partial charge in [-0.1, -0.05) is 26.0 Å². The molecule has 0 spiro atoms. The summed E-state index contributed by atoms with van der Waals surface area (Å²) in [6.45, 7) is 4.72. The number of methoxy groups -OCH3 is 1. The summed E-state index contributed by atoms with van der Waals surface area (Å²) in [7, 11) is 1.49. The second-order valence-electron chi connectivity index (χ2n) is 4.68. The predicted octanol–water partition coefficient (Wildman–Crippen LogP) is 1.71. The van der Waals surface area contributed by atoms with Crippen molar-refractivity contribution in [3.05, 3.63) is 29.6 Å². The number of aliphatic hydroxyl groups excluding tert-OH is 1. The number of hydrogen-bond donors (Lipinski definition) is 2. The van der Waals surface area contributed by atoms with Crippen LogP contribution in [0, 0.1) is 5.82 Å². The fraction of sp³-hybridized carbons (Fsp3) is 0.571. The number of para-hydroxylation sites is 1. The lowest BCUT2D eigenvalue weighted by Crippen LogP contribution is -2.25. The number of hydrogen-bond acceptors (Lipinski definition) is 4. The largest absolute Gasteiger partial charge is 0.487 e. The highest BCUT2D eigenvalue weighted by Crippen LogP contribution is 2.23. The molecule has 1 rings (SSSR count). The van der Waals surface area contributed by atoms with Gasteiger partial charge in [0.1, 0.15) is 12.7 Å². The summed E-state index contributed by atoms with van der Waals surface area (Å²) in [6, 6.07) is 5.09. The van der Waals surface area contributed by atoms with Gasteiger partial charge in [-0.2, -0.15) is 0 Å². The summed E-state index contributed by atoms with van der Waals surface area (Å²) in [5.41, 5.74) is 0.735. The molecule has 108 valence electrons. The van der Waals surface area contributed by atoms with Crippen molar-refractivity contribution in [3.63, 3.8) is 0 Å². The number of aliphatic hydroxyl groups is 1. The second-order valence-corrected chi connectivity index (χ2v) is 4.68. The Morgan fingerprint density at radius 3 is 2.68 bits per heavy atom. The van der Waals surface area contributed by atoms with Crippen LogP contribution in [0.25, 0.3) is 0 Å². The Bertz CT molecular complexity index is 385. The molecule has 0 amide bonds. The van der Waals surface area contributed by atoms with E-state index in [0.29, 0.717) is 12.6 Å². The fourth-order valence-electron chi connectivity index (χ4n) is 1.59. The van der Waals surface area contributed by atoms with Crippen LogP contribution in [0.2, 0.25) is 0 Å². The molecule has 0 aliphatic heterocycles. The summed E-state index contributed by atoms with van der Waals surface area (Å²) in [6.07, 6.45) is -0.768. The molecule has 0 aliphatic carbocycles. The molecule has 1 atom stereocenters. The minimum absolute atomic E-state index is 0.00342. The highest BCUT2D eigenvalue weighted by Gasteiger charge is 2.12. The van der Waals surface area contributed by atoms with Gasteiger partial charge in [-0.05, 0) is 6.07 Å². The van der Waals surface area contributed by atoms with E-state index >= 15 is 0 Å². The van der Waals surface area contributed by atoms with Crippen LogP contribution < -0.4 is 10.1 Å². The van der Waals surface area contributed by atoms with Crippen molar-refractivity contribution in [1.29, 1.82) is 0 Å². The van der Waals surface area contributed by atoms with Gasteiger partial charge >= 0.3 is 0 Å². The number of ether oxygens (including phenoxy) is 2. The minimum Gasteiger partial charge on any atom is -0.487 e. The molecule has 0 fully saturated rings. The Morgan fingerprint density at radius 2 is 2.05 bits per heavy atom. The molecule has 0 saturated carbocycles. The monoisotopic (exact) mass is 271 g/mol. The molecule has 2 N–H and O–H groups in total. The maximum atomic E-state index is 13.7. The molecule has 1 aromatic rings. The lowest BCUT2D eigenvalue weighted by atomic mass is 10.2. The molecule has 19 heavy (non-hydrogen) atoms. The molecule has 0 saturated heterocycles. The van der Waals surface area contributed by atoms with E-state index in [1.807, 2.05) is 13.8 Å². The maximum absolute atomic E-state index is 13.7. The number of halogens is 1. The topological polar surface area (TPSA) is 50.7 Å². The summed E-state index contributed by atoms with van der Waals surface area (Å²) in [5, 5.41) is 12.7. The molecule has 0 bridgehead atoms. The van der Waals surface area contributed by atoms with E-state index in [2.05, 4.69) is 5.32 Å². The number of benzene rings is 1. The van der Waals surface area contributed by atoms with Crippen molar-refractivity contribution in [2.75, 3.05) is 20.3 Å². The third kappa shape index (κ3) is 5.55. The van der Waals surface area contributed by atoms with Crippen LogP contribution >= 0.6 is 0 Å². The van der Waals surface area contributed by atoms with Gasteiger partial charge in [-0.3, -0.25) is 0 Å². The summed E-state index contributed by atoms with van der Waals surface area (Å²) < 4.78 is 23.9. The Hall–Kier alpha value is -1.17. The van der Waals surface area contributed by atoms with Gasteiger partial charge in [-0.15, -0.1) is 0 Å². The third-order valence-electron chi connectivity index (χ3n) is 2.53. The SMILES string of the molecule is COCC(O)COc1c(F)cccc1CNC(C)C. The van der Waals surface area contributed by atoms with Crippen LogP contribution in [0.1, 0.15) is 19.4 Å². The van der Waals surface area contributed by atoms with Crippen molar-refractivity contribution in [2.45, 2.75) is 32.5 Å². The van der Waals surface area contributed by atoms with Gasteiger partial charge < -0.3 is 19.9 Å². The average molecular weight is 271 g/mol. The Labute approximate surface area is 113 Å². The minimum atomic E-state index is -0.768. The molecule has 5 heteroatoms. The fourth-order valence-corrected chi connectivity index (χ4v) is 1.59. The highest BCUT2D eigenvalue weighted by atomic mass is 19.1. The van der Waals surface area contributed by atoms with Crippen molar-refractivity contribution in [2.24, 2.45) is 0 Å². The quantitative estimate of drug-likeness (QED) is 0.756. The first-order chi connectivity index (χ1) is 9.04. The van der Waals surface area contributed by atoms with Crippen LogP contribution in [0.4, 0.5) is 4.39 Å². The first-order valence-corrected chi connectivity index (χ1v) is 6.35. The zero-order valence-corrected chi connectivity index (χ0v) is 11.6. The van der Waals surface area contributed by atoms with E-state index in [1.165, 1.54) is 13.2 Å². The van der Waals surface area contributed by atoms with Crippen LogP contribution in [0.15, 0.2) is 18.2 Å². The maximum Gasteiger partial charge on any atom is 0.165 e. The van der Waals surface area contributed by atoms with Crippen molar-refractivity contribution in [3.8, 4) is 5.75 Å². The van der Waals surface area contributed by atoms with E-state index in [-0.39, 0.29) is 19.0 Å². The van der Waals surface area contributed by atoms with Gasteiger partial charge in [0.2, 0.25) is 0 Å². The van der Waals surface area contributed by atoms with Crippen LogP contribution in [0.3, 0.4) is 0 Å². The Balaban J connectivity index is 2.68. The smallest absolute Gasteiger partial charge is 0.165 e. The van der Waals surface area contributed by atoms with Gasteiger partial charge in [-0.25, -0.2) is 4.39 Å². The van der Waals surface area contributed by atoms with Gasteiger partial charge in [0, 0.05) is 25.3 Å². The lowest BCUT2D eigenvalue weighted by molar-refractivity contribution is 0.0313. The summed E-state index contributed by atoms with van der Waals surface area (Å²) in [5.74, 6) is -0.238. The zero-order chi connectivity index (χ0) is 14.3. The molecule has 0 aliphatic rings. The van der Waals surface area contributed by atoms with E-state index < -0.39 is 11.9 Å². The predicted molar refractivity (Wildman–Crippen MR) is 71.8 cm³/mol. The first kappa shape index (κ1) is 15.9. The Morgan fingerprint density at radius 1 is 1.32 bits per heavy atom. The first-order valence-electron chi connectivity index (χ1n) is 6.35. The van der Waals surface area contributed by atoms with Crippen molar-refractivity contribution >= 4 is 0 Å². The van der Waals surface area contributed by atoms with Crippen LogP contribution in [-0.4, -0.2) is 37.6 Å². The van der Waals surface area contributed by atoms with Gasteiger partial charge in [0.15, 0.2) is 11.6 Å². The Kier molecular flexibility index (Phi) is 6.77. The van der Waals surface area contributed by atoms with Crippen LogP contribution in [-0.2, 0) is 11.3 Å². The normalized spacial score (nSPS) is 12.7. The molecule has 1 unspecified atom stereocenters. The highest BCUT2D eigenvalue weighted by molar-refractivity contribution is 5.35. The van der Waals surface area contributed by atoms with Crippen molar-refractivity contribution < 1.29 is 19.0 Å². The summed E-state index contributed by atoms with van der Waals surface area (Å²) >= 11 is 0. The molecular weight excluding hydrogens is 249 g/mol. The molecule has 1 aromatic carbocycles. The number of rotatable bonds is 8. The van der Waals surface area contributed by atoms with Crippen molar-refractivity contribution in [1.82, 2.24) is 5.32 Å². The van der Waals surface area contributed by atoms with Crippen LogP contribution in [0.5, 0.6) is 5.75 Å². The van der Waals surface area contributed by atoms with E-state index in [4.69, 9.17) is 9.47 Å². The van der Waals surface area contributed by atoms with Gasteiger partial charge in [0.05, 0.1) is 6.61 Å². The molecule has 0 heterocycles. The average Bonchev–Trinajstić information content (AvgIpc) is 2.35. The van der Waals surface area contributed by atoms with Gasteiger partial charge in [0.25, 0.3) is 0 Å². The standard InChI is InChI=1S/C14H22FNO3/c1-10(2)16-7-11-5-4-6-13(15)14(11)19-9-12(17)8-18-3/h4-6,10,12,16-17H,7-9H2,1-3H3. The molecule has 4 nitrogen and oxygen atoms in total. The van der Waals surface area contributed by atoms with E-state index in [0.717, 1.165) is 5.56 Å². The zero-order valence-electron chi connectivity index (χ0n) is 11.6. The summed E-state index contributed by atoms with van der Waals surface area (Å²) in [4.78, 5) is 0. The second kappa shape index (κ2) is 8.09. The molecular formula is C14H22FNO3. The van der Waals surface area contributed by atoms with E-state index in [9.17, 15) is 9.50 Å². The lowest BCUT2D eigenvalue weighted by Gasteiger charge is -2.16. The number of nitrogens with one attached hydrogen (secondary N) is 1. The molecule has 0 radical (unpaired) electrons. The van der Waals surface area contributed by atoms with E-state index in [1.54, 1.807) is 12.1 Å². The molecule has 0 aromatic heterocycles. The third-order valence-corrected chi connectivity index (χ3v) is 2.53.